The lowest BCUT2D eigenvalue weighted by atomic mass is 9.70. The molecule has 3 aliphatic heterocycles. The number of aromatic nitrogens is 1. The first kappa shape index (κ1) is 26.6. The van der Waals surface area contributed by atoms with Crippen LogP contribution in [0.4, 0.5) is 19.0 Å². The molecule has 3 saturated heterocycles. The normalized spacial score (nSPS) is 34.4. The van der Waals surface area contributed by atoms with E-state index in [9.17, 15) is 23.1 Å². The third-order valence-electron chi connectivity index (χ3n) is 8.97. The van der Waals surface area contributed by atoms with Crippen molar-refractivity contribution in [1.82, 2.24) is 15.2 Å². The molecule has 2 bridgehead atoms. The number of halogens is 3. The highest BCUT2D eigenvalue weighted by Crippen LogP contribution is 2.50. The van der Waals surface area contributed by atoms with Crippen LogP contribution in [-0.2, 0) is 20.4 Å². The zero-order chi connectivity index (χ0) is 26.6. The Hall–Kier alpha value is -1.95. The largest absolute Gasteiger partial charge is 0.433 e. The molecular formula is C26H37F3N4O4. The molecule has 4 aliphatic rings. The van der Waals surface area contributed by atoms with Crippen molar-refractivity contribution in [3.05, 3.63) is 23.9 Å². The number of amides is 1. The van der Waals surface area contributed by atoms with Crippen molar-refractivity contribution < 1.29 is 32.5 Å². The van der Waals surface area contributed by atoms with Crippen LogP contribution in [0.3, 0.4) is 0 Å². The summed E-state index contributed by atoms with van der Waals surface area (Å²) in [4.78, 5) is 21.7. The lowest BCUT2D eigenvalue weighted by Crippen LogP contribution is -2.59. The number of piperazine rings is 1. The van der Waals surface area contributed by atoms with Crippen LogP contribution in [0.2, 0.25) is 0 Å². The van der Waals surface area contributed by atoms with E-state index >= 15 is 0 Å². The lowest BCUT2D eigenvalue weighted by Gasteiger charge is -2.45. The van der Waals surface area contributed by atoms with Gasteiger partial charge < -0.3 is 29.7 Å². The SMILES string of the molecule is CO[C@@H]1COCC[C@@H]1N[C@@H]1CC[C@@](C(=O)N2C[C@H]3C[C@@H]2CN3c2cccc(C(F)(F)F)n2)(C(C)(C)O)C1. The number of aliphatic hydroxyl groups is 1. The number of ether oxygens (including phenoxy) is 2. The minimum Gasteiger partial charge on any atom is -0.389 e. The molecule has 206 valence electrons. The molecule has 0 aromatic carbocycles. The maximum absolute atomic E-state index is 14.1. The smallest absolute Gasteiger partial charge is 0.389 e. The van der Waals surface area contributed by atoms with Crippen LogP contribution >= 0.6 is 0 Å². The van der Waals surface area contributed by atoms with E-state index in [1.807, 2.05) is 9.80 Å². The van der Waals surface area contributed by atoms with Crippen molar-refractivity contribution >= 4 is 11.7 Å². The highest BCUT2D eigenvalue weighted by molar-refractivity contribution is 5.85. The molecule has 1 amide bonds. The molecule has 8 nitrogen and oxygen atoms in total. The molecular weight excluding hydrogens is 489 g/mol. The van der Waals surface area contributed by atoms with Gasteiger partial charge >= 0.3 is 6.18 Å². The van der Waals surface area contributed by atoms with Gasteiger partial charge in [0.05, 0.1) is 35.8 Å². The molecule has 6 atom stereocenters. The minimum atomic E-state index is -4.50. The van der Waals surface area contributed by atoms with Gasteiger partial charge in [-0.15, -0.1) is 0 Å². The van der Waals surface area contributed by atoms with E-state index in [2.05, 4.69) is 10.3 Å². The fourth-order valence-corrected chi connectivity index (χ4v) is 6.85. The van der Waals surface area contributed by atoms with Crippen molar-refractivity contribution in [2.45, 2.75) is 88.0 Å². The summed E-state index contributed by atoms with van der Waals surface area (Å²) in [6.07, 6.45) is -1.18. The number of likely N-dealkylation sites (tertiary alicyclic amines) is 1. The number of carbonyl (C=O) groups is 1. The van der Waals surface area contributed by atoms with E-state index in [4.69, 9.17) is 9.47 Å². The second kappa shape index (κ2) is 9.66. The summed E-state index contributed by atoms with van der Waals surface area (Å²) in [5, 5.41) is 15.0. The third kappa shape index (κ3) is 4.84. The first-order valence-electron chi connectivity index (χ1n) is 13.1. The number of methoxy groups -OCH3 is 1. The van der Waals surface area contributed by atoms with Gasteiger partial charge in [-0.25, -0.2) is 4.98 Å². The molecule has 11 heteroatoms. The Morgan fingerprint density at radius 1 is 1.24 bits per heavy atom. The Kier molecular flexibility index (Phi) is 6.96. The van der Waals surface area contributed by atoms with Crippen molar-refractivity contribution in [3.63, 3.8) is 0 Å². The molecule has 0 radical (unpaired) electrons. The summed E-state index contributed by atoms with van der Waals surface area (Å²) in [5.74, 6) is 0.240. The highest BCUT2D eigenvalue weighted by Gasteiger charge is 2.59. The number of hydrogen-bond acceptors (Lipinski definition) is 7. The van der Waals surface area contributed by atoms with Crippen LogP contribution in [-0.4, -0.2) is 90.2 Å². The van der Waals surface area contributed by atoms with Gasteiger partial charge in [0.15, 0.2) is 0 Å². The monoisotopic (exact) mass is 526 g/mol. The van der Waals surface area contributed by atoms with Crippen LogP contribution in [0.15, 0.2) is 18.2 Å². The molecule has 4 heterocycles. The molecule has 1 aromatic heterocycles. The maximum Gasteiger partial charge on any atom is 0.433 e. The average Bonchev–Trinajstić information content (AvgIpc) is 3.58. The standard InChI is InChI=1S/C26H37F3N4O4/c1-24(2,35)25(9-7-16(12-25)30-19-8-10-37-15-20(19)36-3)23(34)33-14-17-11-18(33)13-32(17)22-6-4-5-21(31-22)26(27,28)29/h4-6,16-20,30,35H,7-15H2,1-3H3/t16-,17-,18-,19+,20-,25-/m1/s1. The molecule has 0 unspecified atom stereocenters. The van der Waals surface area contributed by atoms with E-state index in [1.54, 1.807) is 27.0 Å². The minimum absolute atomic E-state index is 0.0497. The number of fused-ring (bicyclic) bond motifs is 2. The van der Waals surface area contributed by atoms with Gasteiger partial charge in [-0.3, -0.25) is 4.79 Å². The number of pyridine rings is 1. The van der Waals surface area contributed by atoms with Crippen molar-refractivity contribution in [2.24, 2.45) is 5.41 Å². The summed E-state index contributed by atoms with van der Waals surface area (Å²) in [5.41, 5.74) is -3.06. The van der Waals surface area contributed by atoms with Gasteiger partial charge in [-0.05, 0) is 58.1 Å². The van der Waals surface area contributed by atoms with E-state index < -0.39 is 22.9 Å². The topological polar surface area (TPSA) is 87.2 Å². The number of nitrogens with zero attached hydrogens (tertiary/aromatic N) is 3. The Bertz CT molecular complexity index is 1000. The van der Waals surface area contributed by atoms with Gasteiger partial charge in [0, 0.05) is 38.9 Å². The fraction of sp³-hybridized carbons (Fsp3) is 0.769. The predicted molar refractivity (Wildman–Crippen MR) is 130 cm³/mol. The summed E-state index contributed by atoms with van der Waals surface area (Å²) >= 11 is 0. The summed E-state index contributed by atoms with van der Waals surface area (Å²) in [6, 6.07) is 3.94. The lowest BCUT2D eigenvalue weighted by molar-refractivity contribution is -0.159. The number of anilines is 1. The van der Waals surface area contributed by atoms with Gasteiger partial charge in [0.1, 0.15) is 11.5 Å². The Balaban J connectivity index is 1.29. The number of carbonyl (C=O) groups excluding carboxylic acids is 1. The first-order chi connectivity index (χ1) is 17.4. The number of rotatable bonds is 6. The second-order valence-electron chi connectivity index (χ2n) is 11.5. The zero-order valence-corrected chi connectivity index (χ0v) is 21.6. The van der Waals surface area contributed by atoms with Gasteiger partial charge in [-0.2, -0.15) is 13.2 Å². The van der Waals surface area contributed by atoms with Crippen molar-refractivity contribution in [2.75, 3.05) is 38.3 Å². The third-order valence-corrected chi connectivity index (χ3v) is 8.97. The summed E-state index contributed by atoms with van der Waals surface area (Å²) < 4.78 is 50.7. The van der Waals surface area contributed by atoms with Crippen LogP contribution in [0, 0.1) is 5.41 Å². The van der Waals surface area contributed by atoms with Gasteiger partial charge in [-0.1, -0.05) is 6.07 Å². The molecule has 2 N–H and O–H groups in total. The maximum atomic E-state index is 14.1. The average molecular weight is 527 g/mol. The van der Waals surface area contributed by atoms with E-state index in [1.165, 1.54) is 6.07 Å². The second-order valence-corrected chi connectivity index (χ2v) is 11.5. The quantitative estimate of drug-likeness (QED) is 0.589. The van der Waals surface area contributed by atoms with Crippen LogP contribution in [0.5, 0.6) is 0 Å². The van der Waals surface area contributed by atoms with Crippen molar-refractivity contribution in [3.8, 4) is 0 Å². The number of nitrogens with one attached hydrogen (secondary N) is 1. The highest BCUT2D eigenvalue weighted by atomic mass is 19.4. The fourth-order valence-electron chi connectivity index (χ4n) is 6.85. The molecule has 37 heavy (non-hydrogen) atoms. The van der Waals surface area contributed by atoms with Gasteiger partial charge in [0.2, 0.25) is 5.91 Å². The number of alkyl halides is 3. The summed E-state index contributed by atoms with van der Waals surface area (Å²) in [7, 11) is 1.67. The molecule has 5 rings (SSSR count). The zero-order valence-electron chi connectivity index (χ0n) is 21.6. The van der Waals surface area contributed by atoms with Crippen LogP contribution in [0.1, 0.15) is 51.6 Å². The molecule has 1 aliphatic carbocycles. The first-order valence-corrected chi connectivity index (χ1v) is 13.1. The van der Waals surface area contributed by atoms with Crippen LogP contribution < -0.4 is 10.2 Å². The predicted octanol–water partition coefficient (Wildman–Crippen LogP) is 2.59. The number of hydrogen-bond donors (Lipinski definition) is 2. The molecule has 0 spiro atoms. The van der Waals surface area contributed by atoms with E-state index in [0.717, 1.165) is 18.9 Å². The Morgan fingerprint density at radius 3 is 2.68 bits per heavy atom. The van der Waals surface area contributed by atoms with Gasteiger partial charge in [0.25, 0.3) is 0 Å². The summed E-state index contributed by atoms with van der Waals surface area (Å²) in [6.45, 7) is 5.48. The van der Waals surface area contributed by atoms with E-state index in [-0.39, 0.29) is 36.2 Å². The Labute approximate surface area is 215 Å². The van der Waals surface area contributed by atoms with Crippen molar-refractivity contribution in [1.29, 1.82) is 0 Å². The van der Waals surface area contributed by atoms with Crippen LogP contribution in [0.25, 0.3) is 0 Å². The Morgan fingerprint density at radius 2 is 2.03 bits per heavy atom. The molecule has 1 aromatic rings. The molecule has 4 fully saturated rings. The molecule has 1 saturated carbocycles. The van der Waals surface area contributed by atoms with E-state index in [0.29, 0.717) is 51.4 Å².